The Balaban J connectivity index is 2.32. The Hall–Kier alpha value is -2.76. The summed E-state index contributed by atoms with van der Waals surface area (Å²) in [6.45, 7) is 0. The molecular formula is C13H9FN2O3. The first-order valence-electron chi connectivity index (χ1n) is 5.34. The highest BCUT2D eigenvalue weighted by atomic mass is 19.1. The van der Waals surface area contributed by atoms with Crippen molar-refractivity contribution >= 4 is 17.6 Å². The smallest absolute Gasteiger partial charge is 0.340 e. The number of aromatic carboxylic acids is 1. The minimum Gasteiger partial charge on any atom is -0.478 e. The number of pyridine rings is 1. The molecule has 19 heavy (non-hydrogen) atoms. The highest BCUT2D eigenvalue weighted by molar-refractivity contribution is 6.06. The quantitative estimate of drug-likeness (QED) is 0.886. The number of hydrogen-bond acceptors (Lipinski definition) is 3. The van der Waals surface area contributed by atoms with Gasteiger partial charge in [-0.2, -0.15) is 0 Å². The largest absolute Gasteiger partial charge is 0.478 e. The Labute approximate surface area is 107 Å². The summed E-state index contributed by atoms with van der Waals surface area (Å²) in [5, 5.41) is 11.2. The van der Waals surface area contributed by atoms with Gasteiger partial charge in [0.25, 0.3) is 5.91 Å². The first-order valence-corrected chi connectivity index (χ1v) is 5.34. The highest BCUT2D eigenvalue weighted by Crippen LogP contribution is 2.19. The van der Waals surface area contributed by atoms with Gasteiger partial charge in [-0.1, -0.05) is 12.1 Å². The monoisotopic (exact) mass is 260 g/mol. The summed E-state index contributed by atoms with van der Waals surface area (Å²) < 4.78 is 13.4. The molecule has 0 saturated heterocycles. The van der Waals surface area contributed by atoms with E-state index in [1.807, 2.05) is 0 Å². The van der Waals surface area contributed by atoms with Crippen LogP contribution in [-0.4, -0.2) is 22.0 Å². The number of nitrogens with zero attached hydrogens (tertiary/aromatic N) is 1. The van der Waals surface area contributed by atoms with Crippen LogP contribution in [0.4, 0.5) is 10.1 Å². The highest BCUT2D eigenvalue weighted by Gasteiger charge is 2.18. The maximum absolute atomic E-state index is 13.4. The number of halogens is 1. The molecule has 1 aromatic carbocycles. The van der Waals surface area contributed by atoms with Crippen LogP contribution in [0.1, 0.15) is 20.8 Å². The number of carbonyl (C=O) groups excluding carboxylic acids is 1. The van der Waals surface area contributed by atoms with E-state index in [1.165, 1.54) is 24.4 Å². The Bertz CT molecular complexity index is 629. The van der Waals surface area contributed by atoms with Crippen molar-refractivity contribution in [1.82, 2.24) is 4.98 Å². The minimum atomic E-state index is -1.45. The third kappa shape index (κ3) is 2.74. The lowest BCUT2D eigenvalue weighted by molar-refractivity contribution is 0.0693. The molecule has 0 saturated carbocycles. The number of benzene rings is 1. The predicted octanol–water partition coefficient (Wildman–Crippen LogP) is 2.17. The van der Waals surface area contributed by atoms with E-state index >= 15 is 0 Å². The van der Waals surface area contributed by atoms with Crippen LogP contribution in [0, 0.1) is 5.82 Å². The van der Waals surface area contributed by atoms with Gasteiger partial charge in [0.15, 0.2) is 0 Å². The lowest BCUT2D eigenvalue weighted by atomic mass is 10.1. The molecule has 0 atom stereocenters. The summed E-state index contributed by atoms with van der Waals surface area (Å²) in [6.07, 6.45) is 1.43. The minimum absolute atomic E-state index is 0.108. The second-order valence-corrected chi connectivity index (χ2v) is 3.64. The van der Waals surface area contributed by atoms with Crippen molar-refractivity contribution < 1.29 is 19.1 Å². The van der Waals surface area contributed by atoms with Gasteiger partial charge in [-0.3, -0.25) is 9.78 Å². The molecule has 2 rings (SSSR count). The molecule has 0 aliphatic carbocycles. The maximum Gasteiger partial charge on any atom is 0.340 e. The molecule has 0 unspecified atom stereocenters. The zero-order valence-corrected chi connectivity index (χ0v) is 9.63. The van der Waals surface area contributed by atoms with Crippen molar-refractivity contribution in [3.8, 4) is 0 Å². The lowest BCUT2D eigenvalue weighted by Crippen LogP contribution is -2.16. The van der Waals surface area contributed by atoms with E-state index in [4.69, 9.17) is 5.11 Å². The third-order valence-corrected chi connectivity index (χ3v) is 2.37. The van der Waals surface area contributed by atoms with Crippen molar-refractivity contribution in [1.29, 1.82) is 0 Å². The summed E-state index contributed by atoms with van der Waals surface area (Å²) in [5.41, 5.74) is -0.571. The van der Waals surface area contributed by atoms with Crippen LogP contribution in [0.2, 0.25) is 0 Å². The van der Waals surface area contributed by atoms with Crippen molar-refractivity contribution in [3.05, 3.63) is 59.7 Å². The molecule has 1 amide bonds. The molecule has 2 aromatic rings. The fourth-order valence-corrected chi connectivity index (χ4v) is 1.53. The van der Waals surface area contributed by atoms with E-state index in [0.29, 0.717) is 0 Å². The molecule has 1 aromatic heterocycles. The van der Waals surface area contributed by atoms with Crippen LogP contribution in [0.15, 0.2) is 42.6 Å². The van der Waals surface area contributed by atoms with E-state index in [1.54, 1.807) is 12.1 Å². The Morgan fingerprint density at radius 3 is 2.58 bits per heavy atom. The van der Waals surface area contributed by atoms with E-state index in [0.717, 1.165) is 6.07 Å². The fourth-order valence-electron chi connectivity index (χ4n) is 1.53. The molecule has 0 fully saturated rings. The van der Waals surface area contributed by atoms with Crippen molar-refractivity contribution in [2.75, 3.05) is 5.32 Å². The van der Waals surface area contributed by atoms with Gasteiger partial charge in [-0.25, -0.2) is 9.18 Å². The summed E-state index contributed by atoms with van der Waals surface area (Å²) in [7, 11) is 0. The first kappa shape index (κ1) is 12.7. The van der Waals surface area contributed by atoms with Crippen LogP contribution in [0.3, 0.4) is 0 Å². The Morgan fingerprint density at radius 1 is 1.16 bits per heavy atom. The van der Waals surface area contributed by atoms with Crippen molar-refractivity contribution in [3.63, 3.8) is 0 Å². The molecule has 96 valence electrons. The fraction of sp³-hybridized carbons (Fsp3) is 0. The number of nitrogens with one attached hydrogen (secondary N) is 1. The SMILES string of the molecule is O=C(Nc1cccc(F)c1C(=O)O)c1ccccn1. The number of carboxylic acids is 1. The van der Waals surface area contributed by atoms with Gasteiger partial charge >= 0.3 is 5.97 Å². The van der Waals surface area contributed by atoms with Gasteiger partial charge in [0.1, 0.15) is 17.1 Å². The van der Waals surface area contributed by atoms with E-state index in [9.17, 15) is 14.0 Å². The molecule has 0 aliphatic rings. The van der Waals surface area contributed by atoms with E-state index in [2.05, 4.69) is 10.3 Å². The number of aromatic nitrogens is 1. The van der Waals surface area contributed by atoms with Gasteiger partial charge in [0, 0.05) is 6.20 Å². The number of rotatable bonds is 3. The third-order valence-electron chi connectivity index (χ3n) is 2.37. The molecule has 2 N–H and O–H groups in total. The number of amides is 1. The number of carboxylic acid groups (broad SMARTS) is 1. The molecule has 0 spiro atoms. The van der Waals surface area contributed by atoms with Gasteiger partial charge in [-0.15, -0.1) is 0 Å². The zero-order chi connectivity index (χ0) is 13.8. The van der Waals surface area contributed by atoms with Crippen LogP contribution < -0.4 is 5.32 Å². The number of anilines is 1. The topological polar surface area (TPSA) is 79.3 Å². The standard InChI is InChI=1S/C13H9FN2O3/c14-8-4-3-6-9(11(8)13(18)19)16-12(17)10-5-1-2-7-15-10/h1-7H,(H,16,17)(H,18,19). The molecule has 6 heteroatoms. The molecule has 0 aliphatic heterocycles. The Morgan fingerprint density at radius 2 is 1.95 bits per heavy atom. The van der Waals surface area contributed by atoms with Crippen molar-refractivity contribution in [2.45, 2.75) is 0 Å². The van der Waals surface area contributed by atoms with Crippen LogP contribution >= 0.6 is 0 Å². The molecule has 0 bridgehead atoms. The van der Waals surface area contributed by atoms with Gasteiger partial charge in [0.05, 0.1) is 5.69 Å². The second-order valence-electron chi connectivity index (χ2n) is 3.64. The van der Waals surface area contributed by atoms with Gasteiger partial charge < -0.3 is 10.4 Å². The molecular weight excluding hydrogens is 251 g/mol. The first-order chi connectivity index (χ1) is 9.09. The molecule has 1 heterocycles. The lowest BCUT2D eigenvalue weighted by Gasteiger charge is -2.08. The van der Waals surface area contributed by atoms with E-state index < -0.39 is 23.3 Å². The van der Waals surface area contributed by atoms with Crippen LogP contribution in [0.5, 0.6) is 0 Å². The molecule has 5 nitrogen and oxygen atoms in total. The zero-order valence-electron chi connectivity index (χ0n) is 9.63. The van der Waals surface area contributed by atoms with E-state index in [-0.39, 0.29) is 11.4 Å². The Kier molecular flexibility index (Phi) is 3.51. The maximum atomic E-state index is 13.4. The average Bonchev–Trinajstić information content (AvgIpc) is 2.39. The predicted molar refractivity (Wildman–Crippen MR) is 65.5 cm³/mol. The van der Waals surface area contributed by atoms with Crippen LogP contribution in [0.25, 0.3) is 0 Å². The van der Waals surface area contributed by atoms with Crippen molar-refractivity contribution in [2.24, 2.45) is 0 Å². The summed E-state index contributed by atoms with van der Waals surface area (Å²) in [6, 6.07) is 8.37. The number of carbonyl (C=O) groups is 2. The van der Waals surface area contributed by atoms with Crippen LogP contribution in [-0.2, 0) is 0 Å². The average molecular weight is 260 g/mol. The number of hydrogen-bond donors (Lipinski definition) is 2. The summed E-state index contributed by atoms with van der Waals surface area (Å²) in [4.78, 5) is 26.6. The molecule has 0 radical (unpaired) electrons. The van der Waals surface area contributed by atoms with Gasteiger partial charge in [0.2, 0.25) is 0 Å². The summed E-state index contributed by atoms with van der Waals surface area (Å²) >= 11 is 0. The summed E-state index contributed by atoms with van der Waals surface area (Å²) in [5.74, 6) is -2.96. The van der Waals surface area contributed by atoms with Gasteiger partial charge in [-0.05, 0) is 24.3 Å². The second kappa shape index (κ2) is 5.26. The normalized spacial score (nSPS) is 9.95.